The summed E-state index contributed by atoms with van der Waals surface area (Å²) in [5.41, 5.74) is 0.162. The third-order valence-corrected chi connectivity index (χ3v) is 3.02. The van der Waals surface area contributed by atoms with Crippen LogP contribution in [0.1, 0.15) is 19.4 Å². The highest BCUT2D eigenvalue weighted by Crippen LogP contribution is 2.21. The Morgan fingerprint density at radius 2 is 2.00 bits per heavy atom. The van der Waals surface area contributed by atoms with Crippen molar-refractivity contribution in [1.82, 2.24) is 15.2 Å². The predicted molar refractivity (Wildman–Crippen MR) is 61.9 cm³/mol. The van der Waals surface area contributed by atoms with E-state index in [4.69, 9.17) is 0 Å². The van der Waals surface area contributed by atoms with Gasteiger partial charge in [-0.15, -0.1) is 0 Å². The fourth-order valence-corrected chi connectivity index (χ4v) is 1.86. The van der Waals surface area contributed by atoms with Crippen molar-refractivity contribution in [2.24, 2.45) is 0 Å². The van der Waals surface area contributed by atoms with Gasteiger partial charge in [-0.2, -0.15) is 0 Å². The molecule has 0 saturated carbocycles. The highest BCUT2D eigenvalue weighted by atomic mass is 16.2. The Morgan fingerprint density at radius 1 is 1.35 bits per heavy atom. The Labute approximate surface area is 99.8 Å². The lowest BCUT2D eigenvalue weighted by Gasteiger charge is -2.41. The number of nitrogens with one attached hydrogen (secondary N) is 1. The SMILES string of the molecule is CC1(C)C(=O)NCC(=O)N1Cc1ccncc1. The van der Waals surface area contributed by atoms with E-state index in [0.29, 0.717) is 6.54 Å². The monoisotopic (exact) mass is 233 g/mol. The van der Waals surface area contributed by atoms with Crippen molar-refractivity contribution in [3.8, 4) is 0 Å². The van der Waals surface area contributed by atoms with E-state index in [-0.39, 0.29) is 18.4 Å². The summed E-state index contributed by atoms with van der Waals surface area (Å²) in [6, 6.07) is 3.69. The van der Waals surface area contributed by atoms with Gasteiger partial charge < -0.3 is 10.2 Å². The van der Waals surface area contributed by atoms with Crippen LogP contribution in [0.2, 0.25) is 0 Å². The van der Waals surface area contributed by atoms with Gasteiger partial charge in [0.25, 0.3) is 0 Å². The molecular formula is C12H15N3O2. The molecule has 0 unspecified atom stereocenters. The molecule has 2 rings (SSSR count). The van der Waals surface area contributed by atoms with Gasteiger partial charge >= 0.3 is 0 Å². The molecule has 2 amide bonds. The molecule has 5 nitrogen and oxygen atoms in total. The summed E-state index contributed by atoms with van der Waals surface area (Å²) in [4.78, 5) is 29.1. The van der Waals surface area contributed by atoms with Crippen molar-refractivity contribution in [3.05, 3.63) is 30.1 Å². The Bertz CT molecular complexity index is 442. The van der Waals surface area contributed by atoms with Gasteiger partial charge in [0.15, 0.2) is 0 Å². The van der Waals surface area contributed by atoms with Crippen molar-refractivity contribution in [2.75, 3.05) is 6.54 Å². The van der Waals surface area contributed by atoms with Crippen LogP contribution in [0.15, 0.2) is 24.5 Å². The highest BCUT2D eigenvalue weighted by Gasteiger charge is 2.41. The maximum absolute atomic E-state index is 11.9. The van der Waals surface area contributed by atoms with Gasteiger partial charge in [0.2, 0.25) is 11.8 Å². The summed E-state index contributed by atoms with van der Waals surface area (Å²) >= 11 is 0. The first kappa shape index (κ1) is 11.6. The van der Waals surface area contributed by atoms with Crippen LogP contribution in [-0.2, 0) is 16.1 Å². The first-order valence-electron chi connectivity index (χ1n) is 5.49. The van der Waals surface area contributed by atoms with Crippen LogP contribution >= 0.6 is 0 Å². The molecule has 0 atom stereocenters. The maximum atomic E-state index is 11.9. The summed E-state index contributed by atoms with van der Waals surface area (Å²) in [5.74, 6) is -0.183. The number of aromatic nitrogens is 1. The summed E-state index contributed by atoms with van der Waals surface area (Å²) in [6.45, 7) is 4.01. The van der Waals surface area contributed by atoms with Crippen LogP contribution in [0, 0.1) is 0 Å². The van der Waals surface area contributed by atoms with E-state index in [1.165, 1.54) is 0 Å². The molecule has 5 heteroatoms. The minimum Gasteiger partial charge on any atom is -0.345 e. The predicted octanol–water partition coefficient (Wildman–Crippen LogP) is 0.319. The van der Waals surface area contributed by atoms with Crippen molar-refractivity contribution in [2.45, 2.75) is 25.9 Å². The summed E-state index contributed by atoms with van der Waals surface area (Å²) < 4.78 is 0. The highest BCUT2D eigenvalue weighted by molar-refractivity contribution is 5.97. The van der Waals surface area contributed by atoms with E-state index in [1.54, 1.807) is 31.1 Å². The van der Waals surface area contributed by atoms with Crippen LogP contribution in [0.25, 0.3) is 0 Å². The number of carbonyl (C=O) groups is 2. The van der Waals surface area contributed by atoms with Crippen molar-refractivity contribution >= 4 is 11.8 Å². The minimum absolute atomic E-state index is 0.0635. The van der Waals surface area contributed by atoms with E-state index in [0.717, 1.165) is 5.56 Å². The number of pyridine rings is 1. The molecule has 1 aliphatic heterocycles. The molecule has 1 aromatic rings. The molecule has 1 N–H and O–H groups in total. The van der Waals surface area contributed by atoms with E-state index in [9.17, 15) is 9.59 Å². The van der Waals surface area contributed by atoms with Crippen LogP contribution in [0.4, 0.5) is 0 Å². The second-order valence-corrected chi connectivity index (χ2v) is 4.58. The fraction of sp³-hybridized carbons (Fsp3) is 0.417. The fourth-order valence-electron chi connectivity index (χ4n) is 1.86. The second-order valence-electron chi connectivity index (χ2n) is 4.58. The smallest absolute Gasteiger partial charge is 0.245 e. The van der Waals surface area contributed by atoms with Gasteiger partial charge in [0, 0.05) is 18.9 Å². The molecule has 1 fully saturated rings. The molecule has 90 valence electrons. The Balaban J connectivity index is 2.23. The number of rotatable bonds is 2. The standard InChI is InChI=1S/C12H15N3O2/c1-12(2)11(17)14-7-10(16)15(12)8-9-3-5-13-6-4-9/h3-6H,7-8H2,1-2H3,(H,14,17). The van der Waals surface area contributed by atoms with Gasteiger partial charge in [0.1, 0.15) is 5.54 Å². The Morgan fingerprint density at radius 3 is 2.65 bits per heavy atom. The lowest BCUT2D eigenvalue weighted by molar-refractivity contribution is -0.152. The largest absolute Gasteiger partial charge is 0.345 e. The molecule has 0 radical (unpaired) electrons. The topological polar surface area (TPSA) is 62.3 Å². The Hall–Kier alpha value is -1.91. The number of piperazine rings is 1. The molecule has 0 aromatic carbocycles. The molecule has 1 aromatic heterocycles. The van der Waals surface area contributed by atoms with Crippen molar-refractivity contribution < 1.29 is 9.59 Å². The molecule has 2 heterocycles. The summed E-state index contributed by atoms with van der Waals surface area (Å²) in [6.07, 6.45) is 3.35. The number of amides is 2. The number of hydrogen-bond acceptors (Lipinski definition) is 3. The maximum Gasteiger partial charge on any atom is 0.245 e. The normalized spacial score (nSPS) is 19.1. The molecule has 1 aliphatic rings. The zero-order valence-corrected chi connectivity index (χ0v) is 9.93. The third kappa shape index (κ3) is 2.13. The Kier molecular flexibility index (Phi) is 2.83. The molecule has 0 spiro atoms. The van der Waals surface area contributed by atoms with Gasteiger partial charge in [-0.05, 0) is 31.5 Å². The summed E-state index contributed by atoms with van der Waals surface area (Å²) in [7, 11) is 0. The van der Waals surface area contributed by atoms with E-state index in [2.05, 4.69) is 10.3 Å². The molecular weight excluding hydrogens is 218 g/mol. The van der Waals surface area contributed by atoms with E-state index in [1.807, 2.05) is 12.1 Å². The van der Waals surface area contributed by atoms with E-state index >= 15 is 0 Å². The van der Waals surface area contributed by atoms with Crippen molar-refractivity contribution in [1.29, 1.82) is 0 Å². The van der Waals surface area contributed by atoms with Crippen molar-refractivity contribution in [3.63, 3.8) is 0 Å². The molecule has 0 aliphatic carbocycles. The number of carbonyl (C=O) groups excluding carboxylic acids is 2. The lowest BCUT2D eigenvalue weighted by atomic mass is 9.98. The van der Waals surface area contributed by atoms with Crippen LogP contribution in [0.5, 0.6) is 0 Å². The quantitative estimate of drug-likeness (QED) is 0.800. The molecule has 1 saturated heterocycles. The second kappa shape index (κ2) is 4.16. The average molecular weight is 233 g/mol. The van der Waals surface area contributed by atoms with E-state index < -0.39 is 5.54 Å². The molecule has 0 bridgehead atoms. The number of hydrogen-bond donors (Lipinski definition) is 1. The minimum atomic E-state index is -0.807. The first-order chi connectivity index (χ1) is 8.01. The van der Waals surface area contributed by atoms with Gasteiger partial charge in [-0.3, -0.25) is 14.6 Å². The molecule has 17 heavy (non-hydrogen) atoms. The van der Waals surface area contributed by atoms with Gasteiger partial charge in [-0.1, -0.05) is 0 Å². The zero-order chi connectivity index (χ0) is 12.5. The van der Waals surface area contributed by atoms with Gasteiger partial charge in [0.05, 0.1) is 6.54 Å². The number of nitrogens with zero attached hydrogens (tertiary/aromatic N) is 2. The lowest BCUT2D eigenvalue weighted by Crippen LogP contribution is -2.63. The first-order valence-corrected chi connectivity index (χ1v) is 5.49. The third-order valence-electron chi connectivity index (χ3n) is 3.02. The van der Waals surface area contributed by atoms with Gasteiger partial charge in [-0.25, -0.2) is 0 Å². The van der Waals surface area contributed by atoms with Crippen LogP contribution in [-0.4, -0.2) is 33.8 Å². The van der Waals surface area contributed by atoms with Crippen LogP contribution < -0.4 is 5.32 Å². The van der Waals surface area contributed by atoms with Crippen LogP contribution in [0.3, 0.4) is 0 Å². The zero-order valence-electron chi connectivity index (χ0n) is 9.93. The average Bonchev–Trinajstić information content (AvgIpc) is 2.32. The summed E-state index contributed by atoms with van der Waals surface area (Å²) in [5, 5.41) is 2.60.